The summed E-state index contributed by atoms with van der Waals surface area (Å²) in [5.74, 6) is 0.828. The molecule has 0 radical (unpaired) electrons. The molecule has 0 aliphatic heterocycles. The van der Waals surface area contributed by atoms with Gasteiger partial charge in [0.2, 0.25) is 0 Å². The van der Waals surface area contributed by atoms with E-state index in [1.54, 1.807) is 13.8 Å². The van der Waals surface area contributed by atoms with Crippen LogP contribution in [0, 0.1) is 0 Å². The molecule has 4 nitrogen and oxygen atoms in total. The van der Waals surface area contributed by atoms with E-state index in [1.807, 2.05) is 38.1 Å². The fraction of sp³-hybridized carbons (Fsp3) is 0.667. The second-order valence-corrected chi connectivity index (χ2v) is 6.82. The highest BCUT2D eigenvalue weighted by molar-refractivity contribution is 6.47. The molecule has 1 rings (SSSR count). The van der Waals surface area contributed by atoms with Crippen molar-refractivity contribution in [2.24, 2.45) is 0 Å². The van der Waals surface area contributed by atoms with Crippen LogP contribution >= 0.6 is 0 Å². The fourth-order valence-electron chi connectivity index (χ4n) is 1.69. The van der Waals surface area contributed by atoms with E-state index in [0.29, 0.717) is 20.7 Å². The lowest BCUT2D eigenvalue weighted by molar-refractivity contribution is -0.0893. The Bertz CT molecular complexity index is 437. The van der Waals surface area contributed by atoms with E-state index in [9.17, 15) is 5.11 Å². The number of unbranched alkanes of at least 4 members (excludes halogenated alkanes) is 1. The molecule has 0 heterocycles. The molecule has 1 aromatic carbocycles. The predicted molar refractivity (Wildman–Crippen MR) is 95.9 cm³/mol. The SMILES string of the molecule is CCCCOCCOc1ccc(BOC(C)(C)C(C)(C)O)cc1. The minimum absolute atomic E-state index is 0.456. The predicted octanol–water partition coefficient (Wildman–Crippen LogP) is 2.42. The van der Waals surface area contributed by atoms with Gasteiger partial charge < -0.3 is 19.2 Å². The number of hydrogen-bond donors (Lipinski definition) is 1. The van der Waals surface area contributed by atoms with Gasteiger partial charge >= 0.3 is 7.48 Å². The molecule has 0 saturated carbocycles. The lowest BCUT2D eigenvalue weighted by Crippen LogP contribution is -2.49. The summed E-state index contributed by atoms with van der Waals surface area (Å²) in [7, 11) is 0.456. The average molecular weight is 322 g/mol. The molecule has 0 unspecified atom stereocenters. The first-order chi connectivity index (χ1) is 10.8. The molecule has 0 spiro atoms. The first-order valence-corrected chi connectivity index (χ1v) is 8.42. The second-order valence-electron chi connectivity index (χ2n) is 6.82. The molecule has 0 aliphatic rings. The van der Waals surface area contributed by atoms with Gasteiger partial charge in [-0.25, -0.2) is 0 Å². The Kier molecular flexibility index (Phi) is 8.10. The summed E-state index contributed by atoms with van der Waals surface area (Å²) in [6, 6.07) is 7.82. The van der Waals surface area contributed by atoms with Crippen LogP contribution in [0.4, 0.5) is 0 Å². The Labute approximate surface area is 141 Å². The third-order valence-corrected chi connectivity index (χ3v) is 4.14. The molecule has 0 fully saturated rings. The van der Waals surface area contributed by atoms with Crippen LogP contribution in [0.1, 0.15) is 47.5 Å². The number of hydrogen-bond acceptors (Lipinski definition) is 4. The first-order valence-electron chi connectivity index (χ1n) is 8.42. The van der Waals surface area contributed by atoms with Crippen LogP contribution in [0.15, 0.2) is 24.3 Å². The molecule has 0 aromatic heterocycles. The third kappa shape index (κ3) is 7.38. The summed E-state index contributed by atoms with van der Waals surface area (Å²) >= 11 is 0. The van der Waals surface area contributed by atoms with Gasteiger partial charge in [0.15, 0.2) is 0 Å². The summed E-state index contributed by atoms with van der Waals surface area (Å²) in [5, 5.41) is 10.1. The van der Waals surface area contributed by atoms with Crippen molar-refractivity contribution in [1.29, 1.82) is 0 Å². The van der Waals surface area contributed by atoms with E-state index in [4.69, 9.17) is 14.1 Å². The zero-order valence-corrected chi connectivity index (χ0v) is 15.2. The van der Waals surface area contributed by atoms with Gasteiger partial charge in [0.05, 0.1) is 17.8 Å². The highest BCUT2D eigenvalue weighted by Crippen LogP contribution is 2.24. The van der Waals surface area contributed by atoms with Crippen molar-refractivity contribution in [1.82, 2.24) is 0 Å². The number of benzene rings is 1. The number of ether oxygens (including phenoxy) is 2. The summed E-state index contributed by atoms with van der Waals surface area (Å²) in [6.45, 7) is 11.4. The molecular weight excluding hydrogens is 291 g/mol. The minimum Gasteiger partial charge on any atom is -0.491 e. The van der Waals surface area contributed by atoms with Crippen LogP contribution in [-0.4, -0.2) is 43.6 Å². The van der Waals surface area contributed by atoms with Crippen molar-refractivity contribution >= 4 is 12.9 Å². The molecule has 23 heavy (non-hydrogen) atoms. The van der Waals surface area contributed by atoms with Gasteiger partial charge in [-0.2, -0.15) is 0 Å². The Morgan fingerprint density at radius 1 is 1.00 bits per heavy atom. The molecular formula is C18H31BO4. The zero-order valence-electron chi connectivity index (χ0n) is 15.2. The molecule has 1 aromatic rings. The van der Waals surface area contributed by atoms with E-state index < -0.39 is 11.2 Å². The highest BCUT2D eigenvalue weighted by atomic mass is 16.5. The Morgan fingerprint density at radius 3 is 2.22 bits per heavy atom. The van der Waals surface area contributed by atoms with Gasteiger partial charge in [0, 0.05) is 6.61 Å². The second kappa shape index (κ2) is 9.31. The molecule has 0 aliphatic carbocycles. The monoisotopic (exact) mass is 322 g/mol. The normalized spacial score (nSPS) is 12.3. The van der Waals surface area contributed by atoms with Crippen LogP contribution in [0.25, 0.3) is 0 Å². The van der Waals surface area contributed by atoms with Gasteiger partial charge in [0.25, 0.3) is 0 Å². The zero-order chi connectivity index (χ0) is 17.3. The van der Waals surface area contributed by atoms with Crippen molar-refractivity contribution in [2.75, 3.05) is 19.8 Å². The van der Waals surface area contributed by atoms with E-state index in [1.165, 1.54) is 0 Å². The van der Waals surface area contributed by atoms with Crippen molar-refractivity contribution in [2.45, 2.75) is 58.7 Å². The van der Waals surface area contributed by atoms with E-state index >= 15 is 0 Å². The van der Waals surface area contributed by atoms with Crippen molar-refractivity contribution in [3.8, 4) is 5.75 Å². The van der Waals surface area contributed by atoms with Crippen LogP contribution in [0.3, 0.4) is 0 Å². The topological polar surface area (TPSA) is 47.9 Å². The van der Waals surface area contributed by atoms with Gasteiger partial charge in [-0.1, -0.05) is 30.9 Å². The maximum atomic E-state index is 10.1. The molecule has 0 bridgehead atoms. The van der Waals surface area contributed by atoms with Crippen LogP contribution in [-0.2, 0) is 9.39 Å². The Morgan fingerprint density at radius 2 is 1.65 bits per heavy atom. The van der Waals surface area contributed by atoms with E-state index in [-0.39, 0.29) is 0 Å². The first kappa shape index (κ1) is 20.0. The quantitative estimate of drug-likeness (QED) is 0.502. The molecule has 0 saturated heterocycles. The van der Waals surface area contributed by atoms with Gasteiger partial charge in [-0.15, -0.1) is 0 Å². The van der Waals surface area contributed by atoms with E-state index in [0.717, 1.165) is 30.7 Å². The maximum absolute atomic E-state index is 10.1. The number of rotatable bonds is 11. The summed E-state index contributed by atoms with van der Waals surface area (Å²) in [6.07, 6.45) is 2.24. The average Bonchev–Trinajstić information content (AvgIpc) is 2.49. The van der Waals surface area contributed by atoms with Gasteiger partial charge in [0.1, 0.15) is 12.4 Å². The lowest BCUT2D eigenvalue weighted by Gasteiger charge is -2.37. The van der Waals surface area contributed by atoms with Crippen LogP contribution in [0.5, 0.6) is 5.75 Å². The Hall–Kier alpha value is -1.04. The summed E-state index contributed by atoms with van der Waals surface area (Å²) in [4.78, 5) is 0. The van der Waals surface area contributed by atoms with Crippen LogP contribution < -0.4 is 10.2 Å². The molecule has 1 N–H and O–H groups in total. The highest BCUT2D eigenvalue weighted by Gasteiger charge is 2.35. The van der Waals surface area contributed by atoms with Gasteiger partial charge in [-0.3, -0.25) is 0 Å². The number of aliphatic hydroxyl groups is 1. The molecule has 0 atom stereocenters. The largest absolute Gasteiger partial charge is 0.491 e. The molecule has 0 amide bonds. The fourth-order valence-corrected chi connectivity index (χ4v) is 1.69. The summed E-state index contributed by atoms with van der Waals surface area (Å²) < 4.78 is 16.9. The van der Waals surface area contributed by atoms with Crippen molar-refractivity contribution in [3.63, 3.8) is 0 Å². The lowest BCUT2D eigenvalue weighted by atomic mass is 9.82. The van der Waals surface area contributed by atoms with Crippen molar-refractivity contribution < 1.29 is 19.2 Å². The maximum Gasteiger partial charge on any atom is 0.309 e. The van der Waals surface area contributed by atoms with Crippen LogP contribution in [0.2, 0.25) is 0 Å². The smallest absolute Gasteiger partial charge is 0.309 e. The van der Waals surface area contributed by atoms with Gasteiger partial charge in [-0.05, 0) is 46.2 Å². The van der Waals surface area contributed by atoms with Crippen molar-refractivity contribution in [3.05, 3.63) is 24.3 Å². The standard InChI is InChI=1S/C18H31BO4/c1-6-7-12-21-13-14-22-16-10-8-15(9-11-16)19-23-18(4,5)17(2,3)20/h8-11,19-20H,6-7,12-14H2,1-5H3. The Balaban J connectivity index is 2.33. The minimum atomic E-state index is -0.895. The van der Waals surface area contributed by atoms with E-state index in [2.05, 4.69) is 6.92 Å². The summed E-state index contributed by atoms with van der Waals surface area (Å²) in [5.41, 5.74) is -0.458. The molecule has 5 heteroatoms. The molecule has 130 valence electrons. The third-order valence-electron chi connectivity index (χ3n) is 4.14.